The number of amides is 2. The second kappa shape index (κ2) is 12.5. The van der Waals surface area contributed by atoms with Crippen molar-refractivity contribution in [3.05, 3.63) is 97.4 Å². The zero-order valence-corrected chi connectivity index (χ0v) is 28.1. The van der Waals surface area contributed by atoms with Gasteiger partial charge in [0.15, 0.2) is 11.6 Å². The maximum atomic E-state index is 12.5. The molecule has 0 radical (unpaired) electrons. The largest absolute Gasteiger partial charge is 0.347 e. The van der Waals surface area contributed by atoms with Crippen LogP contribution < -0.4 is 10.2 Å². The van der Waals surface area contributed by atoms with Crippen LogP contribution in [0, 0.1) is 0 Å². The predicted molar refractivity (Wildman–Crippen MR) is 181 cm³/mol. The van der Waals surface area contributed by atoms with Crippen molar-refractivity contribution < 1.29 is 9.59 Å². The molecule has 2 aliphatic heterocycles. The van der Waals surface area contributed by atoms with E-state index in [0.29, 0.717) is 24.4 Å². The van der Waals surface area contributed by atoms with Crippen LogP contribution in [0.4, 0.5) is 5.82 Å². The van der Waals surface area contributed by atoms with Gasteiger partial charge in [-0.05, 0) is 99.9 Å². The Labute approximate surface area is 285 Å². The van der Waals surface area contributed by atoms with E-state index in [1.54, 1.807) is 17.6 Å². The second-order valence-corrected chi connectivity index (χ2v) is 14.1. The molecule has 2 aliphatic carbocycles. The first-order chi connectivity index (χ1) is 23.0. The molecule has 15 heteroatoms. The molecule has 0 bridgehead atoms. The number of nitrogens with zero attached hydrogens (tertiary/aromatic N) is 9. The first-order valence-electron chi connectivity index (χ1n) is 15.2. The van der Waals surface area contributed by atoms with Gasteiger partial charge >= 0.3 is 0 Å². The molecule has 2 fully saturated rings. The summed E-state index contributed by atoms with van der Waals surface area (Å²) in [6.07, 6.45) is 8.32. The number of hydrogen-bond acceptors (Lipinski definition) is 10. The monoisotopic (exact) mass is 726 g/mol. The molecule has 8 heterocycles. The van der Waals surface area contributed by atoms with E-state index in [0.717, 1.165) is 67.9 Å². The van der Waals surface area contributed by atoms with Gasteiger partial charge < -0.3 is 14.5 Å². The normalized spacial score (nSPS) is 16.1. The van der Waals surface area contributed by atoms with Crippen molar-refractivity contribution in [3.8, 4) is 23.0 Å². The van der Waals surface area contributed by atoms with Gasteiger partial charge in [-0.15, -0.1) is 43.1 Å². The fourth-order valence-electron chi connectivity index (χ4n) is 5.45. The Morgan fingerprint density at radius 2 is 1.36 bits per heavy atom. The molecular formula is C32H27BrN10O2S2. The third-order valence-electron chi connectivity index (χ3n) is 8.12. The topological polar surface area (TPSA) is 137 Å². The number of anilines is 1. The highest BCUT2D eigenvalue weighted by atomic mass is 79.9. The van der Waals surface area contributed by atoms with Crippen LogP contribution in [0.25, 0.3) is 23.0 Å². The van der Waals surface area contributed by atoms with Crippen LogP contribution in [0.15, 0.2) is 76.5 Å². The van der Waals surface area contributed by atoms with E-state index in [4.69, 9.17) is 0 Å². The Kier molecular flexibility index (Phi) is 7.95. The lowest BCUT2D eigenvalue weighted by molar-refractivity contribution is 0.0967. The molecule has 2 saturated carbocycles. The average molecular weight is 728 g/mol. The van der Waals surface area contributed by atoms with Crippen molar-refractivity contribution in [3.63, 3.8) is 0 Å². The summed E-state index contributed by atoms with van der Waals surface area (Å²) >= 11 is 6.35. The molecular weight excluding hydrogens is 700 g/mol. The highest BCUT2D eigenvalue weighted by Crippen LogP contribution is 2.38. The van der Waals surface area contributed by atoms with Crippen molar-refractivity contribution >= 4 is 56.2 Å². The van der Waals surface area contributed by atoms with Gasteiger partial charge in [0.2, 0.25) is 0 Å². The quantitative estimate of drug-likeness (QED) is 0.204. The average Bonchev–Trinajstić information content (AvgIpc) is 3.65. The lowest BCUT2D eigenvalue weighted by Crippen LogP contribution is -2.24. The van der Waals surface area contributed by atoms with E-state index in [2.05, 4.69) is 60.7 Å². The van der Waals surface area contributed by atoms with Crippen molar-refractivity contribution in [1.29, 1.82) is 0 Å². The van der Waals surface area contributed by atoms with E-state index in [1.165, 1.54) is 35.5 Å². The van der Waals surface area contributed by atoms with E-state index in [1.807, 2.05) is 59.3 Å². The summed E-state index contributed by atoms with van der Waals surface area (Å²) in [5.41, 5.74) is 3.85. The van der Waals surface area contributed by atoms with E-state index < -0.39 is 0 Å². The lowest BCUT2D eigenvalue weighted by atomic mass is 10.3. The van der Waals surface area contributed by atoms with Crippen LogP contribution >= 0.6 is 38.6 Å². The number of hydrogen-bond donors (Lipinski definition) is 1. The molecule has 236 valence electrons. The molecule has 6 aromatic rings. The van der Waals surface area contributed by atoms with Gasteiger partial charge in [-0.3, -0.25) is 14.5 Å². The first kappa shape index (κ1) is 29.8. The summed E-state index contributed by atoms with van der Waals surface area (Å²) < 4.78 is 5.01. The van der Waals surface area contributed by atoms with Gasteiger partial charge in [0.1, 0.15) is 34.5 Å². The number of carbonyl (C=O) groups is 2. The molecule has 0 atom stereocenters. The number of pyridine rings is 2. The molecule has 0 spiro atoms. The molecule has 4 aliphatic rings. The van der Waals surface area contributed by atoms with Crippen LogP contribution in [0.5, 0.6) is 0 Å². The van der Waals surface area contributed by atoms with Crippen LogP contribution in [-0.2, 0) is 13.1 Å². The number of aromatic nitrogens is 8. The minimum absolute atomic E-state index is 0.0308. The molecule has 2 amide bonds. The van der Waals surface area contributed by atoms with Gasteiger partial charge in [0, 0.05) is 18.6 Å². The highest BCUT2D eigenvalue weighted by Gasteiger charge is 2.32. The van der Waals surface area contributed by atoms with Gasteiger partial charge in [-0.1, -0.05) is 12.1 Å². The summed E-state index contributed by atoms with van der Waals surface area (Å²) in [7, 11) is 0. The summed E-state index contributed by atoms with van der Waals surface area (Å²) in [6.45, 7) is 1.31. The summed E-state index contributed by atoms with van der Waals surface area (Å²) in [5.74, 6) is 2.42. The maximum Gasteiger partial charge on any atom is 0.270 e. The zero-order valence-electron chi connectivity index (χ0n) is 24.9. The summed E-state index contributed by atoms with van der Waals surface area (Å²) in [5, 5.41) is 22.9. The number of rotatable bonds is 5. The minimum atomic E-state index is 0.0308. The summed E-state index contributed by atoms with van der Waals surface area (Å²) in [4.78, 5) is 35.8. The number of fused-ring (bicyclic) bond motifs is 2. The number of carbonyl (C=O) groups excluding carboxylic acids is 2. The number of halogens is 1. The Bertz CT molecular complexity index is 2090. The van der Waals surface area contributed by atoms with Crippen LogP contribution in [0.1, 0.15) is 68.2 Å². The van der Waals surface area contributed by atoms with Crippen LogP contribution in [-0.4, -0.2) is 51.3 Å². The fourth-order valence-corrected chi connectivity index (χ4v) is 7.50. The number of nitrogens with one attached hydrogen (secondary N) is 1. The second-order valence-electron chi connectivity index (χ2n) is 11.4. The van der Waals surface area contributed by atoms with Gasteiger partial charge in [0.05, 0.1) is 16.3 Å². The molecule has 47 heavy (non-hydrogen) atoms. The third kappa shape index (κ3) is 6.13. The molecule has 0 unspecified atom stereocenters. The Morgan fingerprint density at radius 1 is 0.745 bits per heavy atom. The summed E-state index contributed by atoms with van der Waals surface area (Å²) in [6, 6.07) is 16.6. The first-order valence-corrected chi connectivity index (χ1v) is 17.7. The van der Waals surface area contributed by atoms with E-state index >= 15 is 0 Å². The molecule has 1 N–H and O–H groups in total. The lowest BCUT2D eigenvalue weighted by Gasteiger charge is -2.15. The predicted octanol–water partition coefficient (Wildman–Crippen LogP) is 6.33. The Balaban J connectivity index is 0.000000115. The highest BCUT2D eigenvalue weighted by molar-refractivity contribution is 9.10. The van der Waals surface area contributed by atoms with Gasteiger partial charge in [0.25, 0.3) is 11.8 Å². The van der Waals surface area contributed by atoms with Crippen molar-refractivity contribution in [2.45, 2.75) is 50.9 Å². The smallest absolute Gasteiger partial charge is 0.270 e. The van der Waals surface area contributed by atoms with E-state index in [9.17, 15) is 9.59 Å². The van der Waals surface area contributed by atoms with Crippen LogP contribution in [0.3, 0.4) is 0 Å². The molecule has 10 rings (SSSR count). The fraction of sp³-hybridized carbons (Fsp3) is 0.250. The van der Waals surface area contributed by atoms with Gasteiger partial charge in [-0.2, -0.15) is 0 Å². The third-order valence-corrected chi connectivity index (χ3v) is 10.5. The van der Waals surface area contributed by atoms with Crippen LogP contribution in [0.2, 0.25) is 0 Å². The minimum Gasteiger partial charge on any atom is -0.347 e. The SMILES string of the molecule is Brc1cccc(-c2nncn2C2CC2)n1.O=C1NCc2ccsc21.O=C1c2sccc2CN1c1cccc(-c2nncn2C2CC2)n1. The maximum absolute atomic E-state index is 12.5. The molecule has 12 nitrogen and oxygen atoms in total. The van der Waals surface area contributed by atoms with E-state index in [-0.39, 0.29) is 11.8 Å². The van der Waals surface area contributed by atoms with Gasteiger partial charge in [-0.25, -0.2) is 9.97 Å². The van der Waals surface area contributed by atoms with Crippen molar-refractivity contribution in [2.24, 2.45) is 0 Å². The zero-order chi connectivity index (χ0) is 31.9. The Hall–Kier alpha value is -4.60. The standard InChI is InChI=1S/C16H13N5OS.C10H9BrN4.C6H5NOS/c22-16-14-10(6-7-23-14)8-20(16)13-3-1-2-12(18-13)15-19-17-9-21(15)11-4-5-11;11-9-3-1-2-8(13-9)10-14-12-6-15(10)7-4-5-7;8-6-5-4(3-7-6)1-2-9-5/h1-3,6-7,9,11H,4-5,8H2;1-3,6-7H,4-5H2;1-2H,3H2,(H,7,8). The molecule has 6 aromatic heterocycles. The number of thiophene rings is 2. The van der Waals surface area contributed by atoms with Crippen molar-refractivity contribution in [2.75, 3.05) is 4.90 Å². The van der Waals surface area contributed by atoms with Crippen molar-refractivity contribution in [1.82, 2.24) is 44.8 Å². The Morgan fingerprint density at radius 3 is 1.98 bits per heavy atom. The molecule has 0 saturated heterocycles. The molecule has 0 aromatic carbocycles.